The molecule has 1 amide bonds. The molecule has 0 bridgehead atoms. The Bertz CT molecular complexity index is 987. The zero-order valence-electron chi connectivity index (χ0n) is 13.3. The zero-order chi connectivity index (χ0) is 16.7. The first-order valence-corrected chi connectivity index (χ1v) is 7.82. The largest absolute Gasteiger partial charge is 0.497 e. The van der Waals surface area contributed by atoms with E-state index in [1.807, 2.05) is 42.5 Å². The highest BCUT2D eigenvalue weighted by Gasteiger charge is 2.25. The number of nitrogens with zero attached hydrogens (tertiary/aromatic N) is 2. The second kappa shape index (κ2) is 5.56. The summed E-state index contributed by atoms with van der Waals surface area (Å²) in [4.78, 5) is 29.4. The van der Waals surface area contributed by atoms with E-state index in [4.69, 9.17) is 4.74 Å². The minimum absolute atomic E-state index is 0.0221. The van der Waals surface area contributed by atoms with Crippen LogP contribution in [0.5, 0.6) is 5.75 Å². The maximum absolute atomic E-state index is 12.7. The topological polar surface area (TPSA) is 67.3 Å². The normalized spacial score (nSPS) is 13.3. The number of amides is 1. The highest BCUT2D eigenvalue weighted by Crippen LogP contribution is 2.31. The van der Waals surface area contributed by atoms with E-state index in [0.29, 0.717) is 6.54 Å². The number of aromatic amines is 1. The van der Waals surface area contributed by atoms with Crippen LogP contribution in [0.25, 0.3) is 11.0 Å². The fourth-order valence-electron chi connectivity index (χ4n) is 3.25. The minimum Gasteiger partial charge on any atom is -0.497 e. The number of hydrogen-bond donors (Lipinski definition) is 1. The molecule has 4 rings (SSSR count). The summed E-state index contributed by atoms with van der Waals surface area (Å²) in [7, 11) is 1.63. The lowest BCUT2D eigenvalue weighted by Gasteiger charge is -2.18. The van der Waals surface area contributed by atoms with Crippen LogP contribution in [0.4, 0.5) is 5.69 Å². The highest BCUT2D eigenvalue weighted by molar-refractivity contribution is 5.96. The molecule has 0 fully saturated rings. The second-order valence-electron chi connectivity index (χ2n) is 5.82. The molecule has 0 saturated carbocycles. The lowest BCUT2D eigenvalue weighted by molar-refractivity contribution is -0.119. The molecule has 0 unspecified atom stereocenters. The molecular formula is C18H17N3O3. The molecule has 1 aliphatic heterocycles. The van der Waals surface area contributed by atoms with Crippen molar-refractivity contribution in [1.29, 1.82) is 0 Å². The molecule has 3 aromatic rings. The summed E-state index contributed by atoms with van der Waals surface area (Å²) >= 11 is 0. The van der Waals surface area contributed by atoms with Gasteiger partial charge in [-0.15, -0.1) is 0 Å². The number of hydrogen-bond acceptors (Lipinski definition) is 3. The molecule has 6 nitrogen and oxygen atoms in total. The number of H-pyrrole nitrogens is 1. The number of carbonyl (C=O) groups excluding carboxylic acids is 1. The van der Waals surface area contributed by atoms with Gasteiger partial charge in [0, 0.05) is 12.2 Å². The lowest BCUT2D eigenvalue weighted by atomic mass is 10.1. The average molecular weight is 323 g/mol. The van der Waals surface area contributed by atoms with Gasteiger partial charge in [-0.3, -0.25) is 9.36 Å². The third-order valence-electron chi connectivity index (χ3n) is 4.46. The number of fused-ring (bicyclic) bond motifs is 2. The van der Waals surface area contributed by atoms with Crippen LogP contribution in [0.2, 0.25) is 0 Å². The van der Waals surface area contributed by atoms with Crippen LogP contribution in [0.15, 0.2) is 47.3 Å². The maximum Gasteiger partial charge on any atom is 0.326 e. The summed E-state index contributed by atoms with van der Waals surface area (Å²) in [6.07, 6.45) is 0.793. The van der Waals surface area contributed by atoms with Crippen molar-refractivity contribution in [2.75, 3.05) is 18.6 Å². The van der Waals surface area contributed by atoms with Crippen LogP contribution >= 0.6 is 0 Å². The summed E-state index contributed by atoms with van der Waals surface area (Å²) in [5.74, 6) is 0.696. The summed E-state index contributed by atoms with van der Waals surface area (Å²) in [6.45, 7) is 0.646. The van der Waals surface area contributed by atoms with E-state index in [0.717, 1.165) is 34.5 Å². The summed E-state index contributed by atoms with van der Waals surface area (Å²) < 4.78 is 6.72. The fourth-order valence-corrected chi connectivity index (χ4v) is 3.25. The summed E-state index contributed by atoms with van der Waals surface area (Å²) in [5.41, 5.74) is 3.20. The van der Waals surface area contributed by atoms with E-state index >= 15 is 0 Å². The first kappa shape index (κ1) is 14.6. The Morgan fingerprint density at radius 2 is 2.08 bits per heavy atom. The number of nitrogens with one attached hydrogen (secondary N) is 1. The molecule has 122 valence electrons. The number of rotatable bonds is 3. The standard InChI is InChI=1S/C18H17N3O3/c1-24-13-6-7-15-12(10-13)8-9-20(15)17(22)11-21-16-5-3-2-4-14(16)19-18(21)23/h2-7,10H,8-9,11H2,1H3,(H,19,23). The third kappa shape index (κ3) is 2.27. The first-order valence-electron chi connectivity index (χ1n) is 7.82. The molecule has 24 heavy (non-hydrogen) atoms. The third-order valence-corrected chi connectivity index (χ3v) is 4.46. The van der Waals surface area contributed by atoms with Crippen LogP contribution in [0, 0.1) is 0 Å². The SMILES string of the molecule is COc1ccc2c(c1)CCN2C(=O)Cn1c(=O)[nH]c2ccccc21. The highest BCUT2D eigenvalue weighted by atomic mass is 16.5. The number of imidazole rings is 1. The quantitative estimate of drug-likeness (QED) is 0.801. The zero-order valence-corrected chi connectivity index (χ0v) is 13.3. The van der Waals surface area contributed by atoms with Crippen molar-refractivity contribution in [3.63, 3.8) is 0 Å². The van der Waals surface area contributed by atoms with Crippen molar-refractivity contribution >= 4 is 22.6 Å². The van der Waals surface area contributed by atoms with E-state index in [1.54, 1.807) is 12.0 Å². The Morgan fingerprint density at radius 1 is 1.25 bits per heavy atom. The van der Waals surface area contributed by atoms with Crippen LogP contribution in [-0.4, -0.2) is 29.1 Å². The lowest BCUT2D eigenvalue weighted by Crippen LogP contribution is -2.34. The number of aromatic nitrogens is 2. The predicted molar refractivity (Wildman–Crippen MR) is 91.6 cm³/mol. The Kier molecular flexibility index (Phi) is 3.37. The molecule has 0 radical (unpaired) electrons. The van der Waals surface area contributed by atoms with Crippen molar-refractivity contribution < 1.29 is 9.53 Å². The van der Waals surface area contributed by atoms with Gasteiger partial charge < -0.3 is 14.6 Å². The van der Waals surface area contributed by atoms with Gasteiger partial charge in [-0.25, -0.2) is 4.79 Å². The van der Waals surface area contributed by atoms with Crippen molar-refractivity contribution in [2.24, 2.45) is 0 Å². The van der Waals surface area contributed by atoms with Gasteiger partial charge in [-0.1, -0.05) is 12.1 Å². The van der Waals surface area contributed by atoms with E-state index in [2.05, 4.69) is 4.98 Å². The van der Waals surface area contributed by atoms with Gasteiger partial charge in [0.2, 0.25) is 5.91 Å². The van der Waals surface area contributed by atoms with Crippen LogP contribution in [-0.2, 0) is 17.8 Å². The van der Waals surface area contributed by atoms with Gasteiger partial charge in [-0.2, -0.15) is 0 Å². The molecule has 2 heterocycles. The first-order chi connectivity index (χ1) is 11.7. The Hall–Kier alpha value is -3.02. The number of benzene rings is 2. The number of carbonyl (C=O) groups is 1. The molecule has 6 heteroatoms. The summed E-state index contributed by atoms with van der Waals surface area (Å²) in [6, 6.07) is 13.1. The minimum atomic E-state index is -0.265. The van der Waals surface area contributed by atoms with Gasteiger partial charge in [0.05, 0.1) is 18.1 Å². The van der Waals surface area contributed by atoms with Gasteiger partial charge >= 0.3 is 5.69 Å². The van der Waals surface area contributed by atoms with Crippen molar-refractivity contribution in [3.05, 3.63) is 58.5 Å². The molecule has 0 atom stereocenters. The average Bonchev–Trinajstić information content (AvgIpc) is 3.15. The van der Waals surface area contributed by atoms with E-state index in [1.165, 1.54) is 4.57 Å². The number of para-hydroxylation sites is 2. The molecule has 1 aromatic heterocycles. The second-order valence-corrected chi connectivity index (χ2v) is 5.82. The van der Waals surface area contributed by atoms with E-state index < -0.39 is 0 Å². The molecule has 1 aliphatic rings. The molecule has 2 aromatic carbocycles. The molecule has 0 aliphatic carbocycles. The van der Waals surface area contributed by atoms with Gasteiger partial charge in [0.1, 0.15) is 12.3 Å². The number of ether oxygens (including phenoxy) is 1. The van der Waals surface area contributed by atoms with Crippen LogP contribution in [0.1, 0.15) is 5.56 Å². The van der Waals surface area contributed by atoms with Crippen molar-refractivity contribution in [2.45, 2.75) is 13.0 Å². The van der Waals surface area contributed by atoms with Crippen molar-refractivity contribution in [3.8, 4) is 5.75 Å². The predicted octanol–water partition coefficient (Wildman–Crippen LogP) is 1.93. The van der Waals surface area contributed by atoms with Crippen molar-refractivity contribution in [1.82, 2.24) is 9.55 Å². The number of methoxy groups -OCH3 is 1. The fraction of sp³-hybridized carbons (Fsp3) is 0.222. The number of anilines is 1. The van der Waals surface area contributed by atoms with Crippen LogP contribution < -0.4 is 15.3 Å². The van der Waals surface area contributed by atoms with Gasteiger partial charge in [0.25, 0.3) is 0 Å². The molecule has 1 N–H and O–H groups in total. The Morgan fingerprint density at radius 3 is 2.92 bits per heavy atom. The smallest absolute Gasteiger partial charge is 0.326 e. The van der Waals surface area contributed by atoms with E-state index in [-0.39, 0.29) is 18.1 Å². The van der Waals surface area contributed by atoms with Gasteiger partial charge in [0.15, 0.2) is 0 Å². The Balaban J connectivity index is 1.64. The monoisotopic (exact) mass is 323 g/mol. The Labute approximate surface area is 138 Å². The summed E-state index contributed by atoms with van der Waals surface area (Å²) in [5, 5.41) is 0. The van der Waals surface area contributed by atoms with E-state index in [9.17, 15) is 9.59 Å². The molecular weight excluding hydrogens is 306 g/mol. The molecule has 0 spiro atoms. The molecule has 0 saturated heterocycles. The maximum atomic E-state index is 12.7. The van der Waals surface area contributed by atoms with Crippen LogP contribution in [0.3, 0.4) is 0 Å². The van der Waals surface area contributed by atoms with Gasteiger partial charge in [-0.05, 0) is 42.3 Å².